The monoisotopic (exact) mass is 515 g/mol. The van der Waals surface area contributed by atoms with Gasteiger partial charge in [0.2, 0.25) is 22.7 Å². The van der Waals surface area contributed by atoms with Crippen LogP contribution in [0.3, 0.4) is 0 Å². The first-order valence-electron chi connectivity index (χ1n) is 11.7. The molecule has 0 aliphatic carbocycles. The maximum absolute atomic E-state index is 13.3. The molecule has 0 fully saturated rings. The lowest BCUT2D eigenvalue weighted by atomic mass is 10.2. The third kappa shape index (κ3) is 6.01. The number of carbonyl (C=O) groups excluding carboxylic acids is 1. The molecule has 0 saturated carbocycles. The van der Waals surface area contributed by atoms with E-state index >= 15 is 0 Å². The molecule has 2 aromatic carbocycles. The second kappa shape index (κ2) is 11.2. The number of aromatic nitrogens is 1. The molecule has 3 aromatic rings. The molecular weight excluding hydrogens is 486 g/mol. The molecule has 0 saturated heterocycles. The SMILES string of the molecule is CCCCN(CCCC)S(=O)(=O)c1ccc2nc(NC(=O)C=Cc3ccc4c(c3)OCO4)sc2c1. The van der Waals surface area contributed by atoms with Gasteiger partial charge in [0, 0.05) is 19.2 Å². The molecule has 0 atom stereocenters. The van der Waals surface area contributed by atoms with E-state index in [0.717, 1.165) is 31.2 Å². The predicted molar refractivity (Wildman–Crippen MR) is 138 cm³/mol. The summed E-state index contributed by atoms with van der Waals surface area (Å²) in [6.45, 7) is 5.31. The van der Waals surface area contributed by atoms with Crippen LogP contribution in [0.25, 0.3) is 16.3 Å². The van der Waals surface area contributed by atoms with Crippen molar-refractivity contribution in [2.45, 2.75) is 44.4 Å². The minimum atomic E-state index is -3.60. The van der Waals surface area contributed by atoms with Gasteiger partial charge in [-0.25, -0.2) is 13.4 Å². The van der Waals surface area contributed by atoms with Crippen LogP contribution in [-0.2, 0) is 14.8 Å². The number of nitrogens with one attached hydrogen (secondary N) is 1. The molecule has 186 valence electrons. The van der Waals surface area contributed by atoms with E-state index in [1.165, 1.54) is 17.4 Å². The molecule has 0 unspecified atom stereocenters. The Kier molecular flexibility index (Phi) is 8.04. The van der Waals surface area contributed by atoms with Crippen molar-refractivity contribution in [3.8, 4) is 11.5 Å². The van der Waals surface area contributed by atoms with Crippen LogP contribution < -0.4 is 14.8 Å². The number of nitrogens with zero attached hydrogens (tertiary/aromatic N) is 2. The maximum Gasteiger partial charge on any atom is 0.250 e. The van der Waals surface area contributed by atoms with Crippen molar-refractivity contribution in [2.75, 3.05) is 25.2 Å². The molecule has 10 heteroatoms. The van der Waals surface area contributed by atoms with Crippen molar-refractivity contribution in [3.63, 3.8) is 0 Å². The quantitative estimate of drug-likeness (QED) is 0.350. The summed E-state index contributed by atoms with van der Waals surface area (Å²) in [6.07, 6.45) is 6.59. The molecule has 1 aliphatic heterocycles. The van der Waals surface area contributed by atoms with Gasteiger partial charge in [-0.05, 0) is 54.8 Å². The van der Waals surface area contributed by atoms with Gasteiger partial charge in [0.1, 0.15) is 0 Å². The van der Waals surface area contributed by atoms with Crippen molar-refractivity contribution in [1.82, 2.24) is 9.29 Å². The summed E-state index contributed by atoms with van der Waals surface area (Å²) in [6, 6.07) is 10.4. The highest BCUT2D eigenvalue weighted by molar-refractivity contribution is 7.89. The number of unbranched alkanes of at least 4 members (excludes halogenated alkanes) is 2. The number of ether oxygens (including phenoxy) is 2. The van der Waals surface area contributed by atoms with E-state index in [-0.39, 0.29) is 17.6 Å². The highest BCUT2D eigenvalue weighted by atomic mass is 32.2. The molecule has 8 nitrogen and oxygen atoms in total. The Morgan fingerprint density at radius 2 is 1.83 bits per heavy atom. The third-order valence-electron chi connectivity index (χ3n) is 5.57. The van der Waals surface area contributed by atoms with E-state index in [2.05, 4.69) is 10.3 Å². The van der Waals surface area contributed by atoms with Gasteiger partial charge < -0.3 is 9.47 Å². The number of fused-ring (bicyclic) bond motifs is 2. The number of anilines is 1. The van der Waals surface area contributed by atoms with Gasteiger partial charge in [-0.3, -0.25) is 10.1 Å². The fourth-order valence-electron chi connectivity index (χ4n) is 3.62. The molecule has 0 spiro atoms. The Hall–Kier alpha value is -2.95. The second-order valence-corrected chi connectivity index (χ2v) is 11.2. The van der Waals surface area contributed by atoms with Crippen LogP contribution in [0.4, 0.5) is 5.13 Å². The normalized spacial score (nSPS) is 13.2. The summed E-state index contributed by atoms with van der Waals surface area (Å²) in [5.74, 6) is 0.994. The van der Waals surface area contributed by atoms with Crippen molar-refractivity contribution in [1.29, 1.82) is 0 Å². The predicted octanol–water partition coefficient (Wildman–Crippen LogP) is 5.27. The van der Waals surface area contributed by atoms with Gasteiger partial charge in [0.25, 0.3) is 0 Å². The Balaban J connectivity index is 1.47. The van der Waals surface area contributed by atoms with Crippen LogP contribution in [0.5, 0.6) is 11.5 Å². The lowest BCUT2D eigenvalue weighted by Crippen LogP contribution is -2.33. The van der Waals surface area contributed by atoms with E-state index < -0.39 is 10.0 Å². The highest BCUT2D eigenvalue weighted by Gasteiger charge is 2.24. The van der Waals surface area contributed by atoms with Gasteiger partial charge >= 0.3 is 0 Å². The van der Waals surface area contributed by atoms with Gasteiger partial charge in [-0.2, -0.15) is 4.31 Å². The van der Waals surface area contributed by atoms with E-state index in [1.54, 1.807) is 40.7 Å². The molecule has 4 rings (SSSR count). The first kappa shape index (κ1) is 25.2. The fourth-order valence-corrected chi connectivity index (χ4v) is 6.15. The second-order valence-electron chi connectivity index (χ2n) is 8.20. The van der Waals surface area contributed by atoms with E-state index in [4.69, 9.17) is 9.47 Å². The number of thiazole rings is 1. The summed E-state index contributed by atoms with van der Waals surface area (Å²) in [5, 5.41) is 3.16. The van der Waals surface area contributed by atoms with Crippen LogP contribution in [0.15, 0.2) is 47.4 Å². The van der Waals surface area contributed by atoms with Gasteiger partial charge in [-0.15, -0.1) is 0 Å². The topological polar surface area (TPSA) is 97.8 Å². The zero-order chi connectivity index (χ0) is 24.8. The first-order valence-corrected chi connectivity index (χ1v) is 14.0. The summed E-state index contributed by atoms with van der Waals surface area (Å²) in [5.41, 5.74) is 1.44. The van der Waals surface area contributed by atoms with Gasteiger partial charge in [0.15, 0.2) is 16.6 Å². The minimum Gasteiger partial charge on any atom is -0.454 e. The summed E-state index contributed by atoms with van der Waals surface area (Å²) >= 11 is 1.24. The van der Waals surface area contributed by atoms with Crippen LogP contribution in [0, 0.1) is 0 Å². The molecule has 0 radical (unpaired) electrons. The van der Waals surface area contributed by atoms with Crippen LogP contribution >= 0.6 is 11.3 Å². The summed E-state index contributed by atoms with van der Waals surface area (Å²) < 4.78 is 39.5. The molecule has 35 heavy (non-hydrogen) atoms. The van der Waals surface area contributed by atoms with Crippen molar-refractivity contribution >= 4 is 48.7 Å². The highest BCUT2D eigenvalue weighted by Crippen LogP contribution is 2.33. The van der Waals surface area contributed by atoms with Crippen molar-refractivity contribution in [2.24, 2.45) is 0 Å². The average Bonchev–Trinajstić information content (AvgIpc) is 3.48. The van der Waals surface area contributed by atoms with Crippen LogP contribution in [0.1, 0.15) is 45.1 Å². The molecule has 1 aromatic heterocycles. The van der Waals surface area contributed by atoms with Crippen molar-refractivity contribution in [3.05, 3.63) is 48.0 Å². The lowest BCUT2D eigenvalue weighted by Gasteiger charge is -2.21. The molecule has 0 bridgehead atoms. The van der Waals surface area contributed by atoms with Crippen LogP contribution in [0.2, 0.25) is 0 Å². The minimum absolute atomic E-state index is 0.194. The molecule has 1 aliphatic rings. The number of rotatable bonds is 11. The smallest absolute Gasteiger partial charge is 0.250 e. The summed E-state index contributed by atoms with van der Waals surface area (Å²) in [4.78, 5) is 17.1. The molecular formula is C25H29N3O5S2. The van der Waals surface area contributed by atoms with E-state index in [1.807, 2.05) is 19.9 Å². The van der Waals surface area contributed by atoms with Gasteiger partial charge in [0.05, 0.1) is 15.1 Å². The number of amides is 1. The largest absolute Gasteiger partial charge is 0.454 e. The van der Waals surface area contributed by atoms with Crippen LogP contribution in [-0.4, -0.2) is 43.5 Å². The van der Waals surface area contributed by atoms with E-state index in [0.29, 0.717) is 39.9 Å². The van der Waals surface area contributed by atoms with Gasteiger partial charge in [-0.1, -0.05) is 44.1 Å². The van der Waals surface area contributed by atoms with Crippen molar-refractivity contribution < 1.29 is 22.7 Å². The average molecular weight is 516 g/mol. The molecule has 2 heterocycles. The Labute approximate surface area is 209 Å². The number of hydrogen-bond donors (Lipinski definition) is 1. The number of benzene rings is 2. The molecule has 1 amide bonds. The third-order valence-corrected chi connectivity index (χ3v) is 8.40. The zero-order valence-electron chi connectivity index (χ0n) is 19.8. The lowest BCUT2D eigenvalue weighted by molar-refractivity contribution is -0.111. The maximum atomic E-state index is 13.3. The number of hydrogen-bond acceptors (Lipinski definition) is 7. The number of sulfonamides is 1. The Bertz CT molecular complexity index is 1330. The van der Waals surface area contributed by atoms with E-state index in [9.17, 15) is 13.2 Å². The number of carbonyl (C=O) groups is 1. The fraction of sp³-hybridized carbons (Fsp3) is 0.360. The first-order chi connectivity index (χ1) is 16.9. The Morgan fingerprint density at radius 3 is 2.57 bits per heavy atom. The standard InChI is InChI=1S/C25H29N3O5S2/c1-3-5-13-28(14-6-4-2)35(30,31)19-9-10-20-23(16-19)34-25(26-20)27-24(29)12-8-18-7-11-21-22(15-18)33-17-32-21/h7-12,15-16H,3-6,13-14,17H2,1-2H3,(H,26,27,29). The Morgan fingerprint density at radius 1 is 1.09 bits per heavy atom. The molecule has 1 N–H and O–H groups in total. The zero-order valence-corrected chi connectivity index (χ0v) is 21.5. The summed E-state index contributed by atoms with van der Waals surface area (Å²) in [7, 11) is -3.60.